The third kappa shape index (κ3) is 2.17. The number of primary amides is 1. The quantitative estimate of drug-likeness (QED) is 0.617. The summed E-state index contributed by atoms with van der Waals surface area (Å²) in [5.74, 6) is -0.362. The topological polar surface area (TPSA) is 43.1 Å². The molecule has 1 rings (SSSR count). The van der Waals surface area contributed by atoms with Gasteiger partial charge in [-0.05, 0) is 32.6 Å². The Labute approximate surface area is 66.0 Å². The maximum Gasteiger partial charge on any atom is 0.220 e. The molecule has 0 aromatic heterocycles. The zero-order chi connectivity index (χ0) is 8.48. The zero-order valence-corrected chi connectivity index (χ0v) is 6.77. The van der Waals surface area contributed by atoms with E-state index in [0.717, 1.165) is 0 Å². The fourth-order valence-corrected chi connectivity index (χ4v) is 1.50. The van der Waals surface area contributed by atoms with E-state index in [1.165, 1.54) is 0 Å². The summed E-state index contributed by atoms with van der Waals surface area (Å²) in [4.78, 5) is 10.7. The van der Waals surface area contributed by atoms with Gasteiger partial charge >= 0.3 is 0 Å². The van der Waals surface area contributed by atoms with Crippen molar-refractivity contribution in [2.75, 3.05) is 0 Å². The minimum atomic E-state index is -1.06. The molecular formula is C8H14FNO. The minimum Gasteiger partial charge on any atom is -0.369 e. The highest BCUT2D eigenvalue weighted by atomic mass is 19.1. The van der Waals surface area contributed by atoms with E-state index < -0.39 is 5.67 Å². The summed E-state index contributed by atoms with van der Waals surface area (Å²) in [7, 11) is 0. The van der Waals surface area contributed by atoms with Crippen LogP contribution in [0.15, 0.2) is 0 Å². The van der Waals surface area contributed by atoms with Crippen LogP contribution in [-0.4, -0.2) is 11.6 Å². The van der Waals surface area contributed by atoms with E-state index in [1.807, 2.05) is 0 Å². The number of hydrogen-bond donors (Lipinski definition) is 1. The summed E-state index contributed by atoms with van der Waals surface area (Å²) < 4.78 is 13.2. The molecule has 2 nitrogen and oxygen atoms in total. The van der Waals surface area contributed by atoms with Crippen LogP contribution in [0.1, 0.15) is 32.6 Å². The lowest BCUT2D eigenvalue weighted by Crippen LogP contribution is -2.32. The van der Waals surface area contributed by atoms with E-state index in [4.69, 9.17) is 5.73 Å². The van der Waals surface area contributed by atoms with Gasteiger partial charge in [-0.1, -0.05) is 0 Å². The van der Waals surface area contributed by atoms with E-state index in [0.29, 0.717) is 25.7 Å². The number of nitrogens with two attached hydrogens (primary N) is 1. The van der Waals surface area contributed by atoms with E-state index in [9.17, 15) is 9.18 Å². The Balaban J connectivity index is 2.42. The highest BCUT2D eigenvalue weighted by Gasteiger charge is 2.32. The molecule has 1 fully saturated rings. The number of carbonyl (C=O) groups is 1. The largest absolute Gasteiger partial charge is 0.369 e. The van der Waals surface area contributed by atoms with E-state index in [-0.39, 0.29) is 11.8 Å². The Morgan fingerprint density at radius 3 is 2.36 bits per heavy atom. The number of amides is 1. The molecule has 1 saturated carbocycles. The minimum absolute atomic E-state index is 0.0844. The summed E-state index contributed by atoms with van der Waals surface area (Å²) in [5, 5.41) is 0. The van der Waals surface area contributed by atoms with Gasteiger partial charge in [0.2, 0.25) is 5.91 Å². The van der Waals surface area contributed by atoms with Crippen molar-refractivity contribution in [3.05, 3.63) is 0 Å². The van der Waals surface area contributed by atoms with Gasteiger partial charge in [0.05, 0.1) is 0 Å². The number of halogens is 1. The average Bonchev–Trinajstić information content (AvgIpc) is 1.86. The Bertz CT molecular complexity index is 157. The molecule has 0 unspecified atom stereocenters. The van der Waals surface area contributed by atoms with Crippen molar-refractivity contribution in [3.8, 4) is 0 Å². The number of alkyl halides is 1. The summed E-state index contributed by atoms with van der Waals surface area (Å²) >= 11 is 0. The lowest BCUT2D eigenvalue weighted by atomic mass is 9.81. The average molecular weight is 159 g/mol. The first-order valence-corrected chi connectivity index (χ1v) is 3.99. The van der Waals surface area contributed by atoms with Crippen LogP contribution in [0, 0.1) is 5.92 Å². The lowest BCUT2D eigenvalue weighted by Gasteiger charge is -2.29. The number of carbonyl (C=O) groups excluding carboxylic acids is 1. The standard InChI is InChI=1S/C8H14FNO/c1-8(9)4-2-6(3-5-8)7(10)11/h6H,2-5H2,1H3,(H2,10,11). The van der Waals surface area contributed by atoms with Gasteiger partial charge in [0.15, 0.2) is 0 Å². The van der Waals surface area contributed by atoms with Crippen molar-refractivity contribution >= 4 is 5.91 Å². The molecule has 0 radical (unpaired) electrons. The van der Waals surface area contributed by atoms with Gasteiger partial charge in [-0.25, -0.2) is 4.39 Å². The Morgan fingerprint density at radius 2 is 2.00 bits per heavy atom. The predicted molar refractivity (Wildman–Crippen MR) is 40.7 cm³/mol. The molecule has 11 heavy (non-hydrogen) atoms. The Kier molecular flexibility index (Phi) is 2.16. The molecule has 0 aromatic rings. The normalized spacial score (nSPS) is 38.5. The van der Waals surface area contributed by atoms with Gasteiger partial charge in [0.1, 0.15) is 5.67 Å². The number of hydrogen-bond acceptors (Lipinski definition) is 1. The van der Waals surface area contributed by atoms with Gasteiger partial charge in [0, 0.05) is 5.92 Å². The van der Waals surface area contributed by atoms with E-state index in [1.54, 1.807) is 6.92 Å². The molecule has 0 spiro atoms. The molecule has 0 aromatic carbocycles. The monoisotopic (exact) mass is 159 g/mol. The summed E-state index contributed by atoms with van der Waals surface area (Å²) in [6.07, 6.45) is 2.17. The van der Waals surface area contributed by atoms with Crippen molar-refractivity contribution in [1.29, 1.82) is 0 Å². The Hall–Kier alpha value is -0.600. The van der Waals surface area contributed by atoms with Crippen LogP contribution in [0.3, 0.4) is 0 Å². The van der Waals surface area contributed by atoms with Crippen LogP contribution in [-0.2, 0) is 4.79 Å². The van der Waals surface area contributed by atoms with Crippen LogP contribution in [0.2, 0.25) is 0 Å². The van der Waals surface area contributed by atoms with Gasteiger partial charge in [-0.3, -0.25) is 4.79 Å². The molecule has 0 saturated heterocycles. The van der Waals surface area contributed by atoms with Crippen molar-refractivity contribution < 1.29 is 9.18 Å². The second kappa shape index (κ2) is 2.80. The fraction of sp³-hybridized carbons (Fsp3) is 0.875. The maximum absolute atomic E-state index is 13.2. The maximum atomic E-state index is 13.2. The first-order valence-electron chi connectivity index (χ1n) is 3.99. The van der Waals surface area contributed by atoms with Crippen LogP contribution in [0.4, 0.5) is 4.39 Å². The zero-order valence-electron chi connectivity index (χ0n) is 6.77. The third-order valence-electron chi connectivity index (χ3n) is 2.43. The van der Waals surface area contributed by atoms with Gasteiger partial charge < -0.3 is 5.73 Å². The summed E-state index contributed by atoms with van der Waals surface area (Å²) in [6, 6.07) is 0. The predicted octanol–water partition coefficient (Wildman–Crippen LogP) is 1.39. The van der Waals surface area contributed by atoms with Gasteiger partial charge in [-0.15, -0.1) is 0 Å². The molecule has 1 amide bonds. The highest BCUT2D eigenvalue weighted by Crippen LogP contribution is 2.34. The van der Waals surface area contributed by atoms with Gasteiger partial charge in [-0.2, -0.15) is 0 Å². The van der Waals surface area contributed by atoms with Crippen LogP contribution >= 0.6 is 0 Å². The first kappa shape index (κ1) is 8.50. The van der Waals surface area contributed by atoms with Crippen molar-refractivity contribution in [2.45, 2.75) is 38.3 Å². The molecule has 0 bridgehead atoms. The van der Waals surface area contributed by atoms with Crippen molar-refractivity contribution in [1.82, 2.24) is 0 Å². The van der Waals surface area contributed by atoms with Crippen LogP contribution < -0.4 is 5.73 Å². The first-order chi connectivity index (χ1) is 5.01. The third-order valence-corrected chi connectivity index (χ3v) is 2.43. The molecular weight excluding hydrogens is 145 g/mol. The van der Waals surface area contributed by atoms with Gasteiger partial charge in [0.25, 0.3) is 0 Å². The second-order valence-corrected chi connectivity index (χ2v) is 3.59. The Morgan fingerprint density at radius 1 is 1.55 bits per heavy atom. The molecule has 2 N–H and O–H groups in total. The van der Waals surface area contributed by atoms with Crippen molar-refractivity contribution in [3.63, 3.8) is 0 Å². The molecule has 0 atom stereocenters. The van der Waals surface area contributed by atoms with Crippen LogP contribution in [0.25, 0.3) is 0 Å². The van der Waals surface area contributed by atoms with Crippen LogP contribution in [0.5, 0.6) is 0 Å². The molecule has 3 heteroatoms. The smallest absolute Gasteiger partial charge is 0.220 e. The fourth-order valence-electron chi connectivity index (χ4n) is 1.50. The molecule has 64 valence electrons. The summed E-state index contributed by atoms with van der Waals surface area (Å²) in [5.41, 5.74) is 4.03. The molecule has 0 aliphatic heterocycles. The molecule has 1 aliphatic rings. The second-order valence-electron chi connectivity index (χ2n) is 3.59. The lowest BCUT2D eigenvalue weighted by molar-refractivity contribution is -0.123. The SMILES string of the molecule is CC1(F)CCC(C(N)=O)CC1. The number of rotatable bonds is 1. The van der Waals surface area contributed by atoms with E-state index in [2.05, 4.69) is 0 Å². The molecule has 1 aliphatic carbocycles. The summed E-state index contributed by atoms with van der Waals surface area (Å²) in [6.45, 7) is 1.59. The highest BCUT2D eigenvalue weighted by molar-refractivity contribution is 5.76. The van der Waals surface area contributed by atoms with Crippen molar-refractivity contribution in [2.24, 2.45) is 11.7 Å². The molecule has 0 heterocycles. The van der Waals surface area contributed by atoms with E-state index >= 15 is 0 Å².